The summed E-state index contributed by atoms with van der Waals surface area (Å²) in [5.74, 6) is -0.346. The topological polar surface area (TPSA) is 75.7 Å². The molecular weight excluding hydrogens is 280 g/mol. The molecule has 1 N–H and O–H groups in total. The van der Waals surface area contributed by atoms with Crippen molar-refractivity contribution in [1.82, 2.24) is 0 Å². The molecule has 1 atom stereocenters. The van der Waals surface area contributed by atoms with Crippen molar-refractivity contribution in [3.05, 3.63) is 40.1 Å². The molecule has 0 aromatic heterocycles. The lowest BCUT2D eigenvalue weighted by Gasteiger charge is -2.14. The molecule has 0 saturated heterocycles. The van der Waals surface area contributed by atoms with Gasteiger partial charge in [-0.25, -0.2) is 0 Å². The minimum atomic E-state index is -0.545. The first kappa shape index (κ1) is 14.5. The van der Waals surface area contributed by atoms with Crippen LogP contribution < -0.4 is 0 Å². The van der Waals surface area contributed by atoms with Crippen molar-refractivity contribution in [1.29, 1.82) is 0 Å². The number of carbonyl (C=O) groups is 1. The summed E-state index contributed by atoms with van der Waals surface area (Å²) >= 11 is 5.77. The number of benzene rings is 1. The van der Waals surface area contributed by atoms with Gasteiger partial charge in [-0.15, -0.1) is 0 Å². The van der Waals surface area contributed by atoms with Gasteiger partial charge in [0.15, 0.2) is 0 Å². The summed E-state index contributed by atoms with van der Waals surface area (Å²) in [6.07, 6.45) is 1.96. The Balaban J connectivity index is 2.28. The molecule has 1 saturated carbocycles. The van der Waals surface area contributed by atoms with Gasteiger partial charge in [-0.2, -0.15) is 4.74 Å². The number of nitrogens with zero attached hydrogens (tertiary/aromatic N) is 2. The van der Waals surface area contributed by atoms with Gasteiger partial charge in [-0.1, -0.05) is 16.8 Å². The summed E-state index contributed by atoms with van der Waals surface area (Å²) in [6.45, 7) is 1.48. The Morgan fingerprint density at radius 3 is 2.70 bits per heavy atom. The number of oxime groups is 1. The van der Waals surface area contributed by atoms with Gasteiger partial charge >= 0.3 is 0 Å². The maximum atomic E-state index is 12.2. The van der Waals surface area contributed by atoms with Crippen molar-refractivity contribution in [3.63, 3.8) is 0 Å². The maximum absolute atomic E-state index is 12.2. The van der Waals surface area contributed by atoms with Crippen LogP contribution in [0.25, 0.3) is 0 Å². The predicted octanol–water partition coefficient (Wildman–Crippen LogP) is 2.88. The van der Waals surface area contributed by atoms with E-state index in [1.165, 1.54) is 6.92 Å². The Morgan fingerprint density at radius 1 is 1.45 bits per heavy atom. The molecule has 5 nitrogen and oxygen atoms in total. The van der Waals surface area contributed by atoms with Crippen molar-refractivity contribution in [2.75, 3.05) is 0 Å². The number of Topliss-reactive ketones (excluding diaryl/α,β-unsaturated/α-hetero) is 1. The van der Waals surface area contributed by atoms with E-state index in [2.05, 4.69) is 5.16 Å². The third-order valence-electron chi connectivity index (χ3n) is 3.47. The van der Waals surface area contributed by atoms with E-state index in [0.717, 1.165) is 6.42 Å². The van der Waals surface area contributed by atoms with Gasteiger partial charge in [-0.3, -0.25) is 4.79 Å². The lowest BCUT2D eigenvalue weighted by molar-refractivity contribution is -0.479. The third kappa shape index (κ3) is 2.82. The van der Waals surface area contributed by atoms with Crippen molar-refractivity contribution >= 4 is 28.8 Å². The average Bonchev–Trinajstić information content (AvgIpc) is 2.94. The number of hydrogen-bond donors (Lipinski definition) is 1. The van der Waals surface area contributed by atoms with Crippen molar-refractivity contribution in [2.45, 2.75) is 32.2 Å². The first-order chi connectivity index (χ1) is 9.54. The predicted molar refractivity (Wildman–Crippen MR) is 77.0 cm³/mol. The van der Waals surface area contributed by atoms with Crippen LogP contribution in [0.15, 0.2) is 29.4 Å². The van der Waals surface area contributed by atoms with Crippen molar-refractivity contribution in [3.8, 4) is 0 Å². The molecule has 0 radical (unpaired) electrons. The van der Waals surface area contributed by atoms with Gasteiger partial charge < -0.3 is 10.4 Å². The van der Waals surface area contributed by atoms with E-state index in [0.29, 0.717) is 33.9 Å². The second-order valence-electron chi connectivity index (χ2n) is 4.75. The maximum Gasteiger partial charge on any atom is 0.252 e. The Kier molecular flexibility index (Phi) is 4.39. The number of carbonyl (C=O) groups excluding carboxylic acids is 1. The molecule has 0 aliphatic heterocycles. The van der Waals surface area contributed by atoms with E-state index in [1.807, 2.05) is 0 Å². The van der Waals surface area contributed by atoms with Crippen molar-refractivity contribution < 1.29 is 14.7 Å². The molecule has 1 aromatic carbocycles. The molecule has 20 heavy (non-hydrogen) atoms. The van der Waals surface area contributed by atoms with Crippen LogP contribution in [0, 0.1) is 5.21 Å². The van der Waals surface area contributed by atoms with E-state index in [9.17, 15) is 10.0 Å². The molecule has 0 spiro atoms. The number of hydrogen-bond acceptors (Lipinski definition) is 4. The van der Waals surface area contributed by atoms with Gasteiger partial charge in [-0.05, 0) is 37.1 Å². The first-order valence-electron chi connectivity index (χ1n) is 6.35. The summed E-state index contributed by atoms with van der Waals surface area (Å²) < 4.78 is 0.652. The van der Waals surface area contributed by atoms with Gasteiger partial charge in [0.2, 0.25) is 11.8 Å². The zero-order chi connectivity index (χ0) is 14.7. The third-order valence-corrected chi connectivity index (χ3v) is 3.72. The van der Waals surface area contributed by atoms with E-state index in [-0.39, 0.29) is 11.5 Å². The fourth-order valence-corrected chi connectivity index (χ4v) is 2.45. The molecule has 1 unspecified atom stereocenters. The molecule has 0 bridgehead atoms. The lowest BCUT2D eigenvalue weighted by atomic mass is 10.1. The highest BCUT2D eigenvalue weighted by Crippen LogP contribution is 2.19. The fraction of sp³-hybridized carbons (Fsp3) is 0.357. The average molecular weight is 295 g/mol. The highest BCUT2D eigenvalue weighted by atomic mass is 35.5. The molecule has 1 aromatic rings. The molecule has 0 heterocycles. The number of rotatable bonds is 3. The highest BCUT2D eigenvalue weighted by molar-refractivity contribution is 6.43. The number of halogens is 1. The summed E-state index contributed by atoms with van der Waals surface area (Å²) in [7, 11) is 0. The van der Waals surface area contributed by atoms with Gasteiger partial charge in [0.25, 0.3) is 5.78 Å². The fourth-order valence-electron chi connectivity index (χ4n) is 2.32. The van der Waals surface area contributed by atoms with Gasteiger partial charge in [0.05, 0.1) is 0 Å². The Labute approximate surface area is 121 Å². The molecule has 6 heteroatoms. The largest absolute Gasteiger partial charge is 0.623 e. The first-order valence-corrected chi connectivity index (χ1v) is 6.73. The van der Waals surface area contributed by atoms with Gasteiger partial charge in [0.1, 0.15) is 5.71 Å². The normalized spacial score (nSPS) is 21.9. The summed E-state index contributed by atoms with van der Waals surface area (Å²) in [5, 5.41) is 24.8. The van der Waals surface area contributed by atoms with Crippen LogP contribution in [0.1, 0.15) is 36.5 Å². The van der Waals surface area contributed by atoms with Crippen molar-refractivity contribution in [2.24, 2.45) is 5.16 Å². The Hall–Kier alpha value is -1.88. The Bertz CT molecular complexity index is 579. The van der Waals surface area contributed by atoms with E-state index in [1.54, 1.807) is 24.3 Å². The zero-order valence-corrected chi connectivity index (χ0v) is 11.8. The molecule has 1 fully saturated rings. The van der Waals surface area contributed by atoms with Crippen LogP contribution in [0.3, 0.4) is 0 Å². The summed E-state index contributed by atoms with van der Waals surface area (Å²) in [5.41, 5.74) is 0.928. The number of hydroxylamine groups is 1. The quantitative estimate of drug-likeness (QED) is 0.233. The summed E-state index contributed by atoms with van der Waals surface area (Å²) in [6, 6.07) is 5.83. The minimum Gasteiger partial charge on any atom is -0.623 e. The van der Waals surface area contributed by atoms with E-state index in [4.69, 9.17) is 16.8 Å². The van der Waals surface area contributed by atoms with E-state index >= 15 is 0 Å². The second kappa shape index (κ2) is 6.05. The highest BCUT2D eigenvalue weighted by Gasteiger charge is 2.32. The van der Waals surface area contributed by atoms with Crippen LogP contribution >= 0.6 is 11.6 Å². The second-order valence-corrected chi connectivity index (χ2v) is 5.18. The van der Waals surface area contributed by atoms with Crippen LogP contribution in [-0.4, -0.2) is 33.2 Å². The van der Waals surface area contributed by atoms with Crippen LogP contribution in [0.4, 0.5) is 0 Å². The SMILES string of the molecule is CC(C(=O)c1ccc(Cl)cc1)=[N+]([O-])C1CCCC1=NO. The van der Waals surface area contributed by atoms with Gasteiger partial charge in [0, 0.05) is 23.9 Å². The Morgan fingerprint density at radius 2 is 2.10 bits per heavy atom. The number of ketones is 1. The van der Waals surface area contributed by atoms with E-state index < -0.39 is 6.04 Å². The van der Waals surface area contributed by atoms with Crippen LogP contribution in [-0.2, 0) is 0 Å². The minimum absolute atomic E-state index is 0.0837. The standard InChI is InChI=1S/C14H15ClN2O3/c1-9(14(18)10-5-7-11(15)8-6-10)17(20)13-4-2-3-12(13)16-19/h5-8,13,19H,2-4H2,1H3. The smallest absolute Gasteiger partial charge is 0.252 e. The summed E-state index contributed by atoms with van der Waals surface area (Å²) in [4.78, 5) is 12.2. The molecule has 1 aliphatic rings. The molecule has 0 amide bonds. The van der Waals surface area contributed by atoms with Crippen LogP contribution in [0.5, 0.6) is 0 Å². The molecule has 1 aliphatic carbocycles. The molecule has 2 rings (SSSR count). The molecule has 106 valence electrons. The molecular formula is C14H15ClN2O3. The zero-order valence-electron chi connectivity index (χ0n) is 11.0. The lowest BCUT2D eigenvalue weighted by Crippen LogP contribution is -2.33. The van der Waals surface area contributed by atoms with Crippen LogP contribution in [0.2, 0.25) is 5.02 Å². The monoisotopic (exact) mass is 294 g/mol.